The molecule has 0 bridgehead atoms. The number of nitrogens with one attached hydrogen (secondary N) is 1. The van der Waals surface area contributed by atoms with Crippen LogP contribution in [-0.2, 0) is 10.8 Å². The third-order valence-electron chi connectivity index (χ3n) is 8.54. The van der Waals surface area contributed by atoms with Gasteiger partial charge in [0.1, 0.15) is 10.4 Å². The van der Waals surface area contributed by atoms with E-state index in [1.54, 1.807) is 0 Å². The largest absolute Gasteiger partial charge is 0.354 e. The van der Waals surface area contributed by atoms with E-state index < -0.39 is 0 Å². The number of pyridine rings is 2. The molecule has 0 aliphatic carbocycles. The van der Waals surface area contributed by atoms with Crippen LogP contribution in [-0.4, -0.2) is 19.5 Å². The molecular formula is C42H39Br3N4. The minimum Gasteiger partial charge on any atom is -0.354 e. The van der Waals surface area contributed by atoms with Gasteiger partial charge >= 0.3 is 0 Å². The summed E-state index contributed by atoms with van der Waals surface area (Å²) in [6.07, 6.45) is 3.74. The fourth-order valence-corrected chi connectivity index (χ4v) is 6.97. The molecule has 0 unspecified atom stereocenters. The predicted octanol–water partition coefficient (Wildman–Crippen LogP) is 13.5. The van der Waals surface area contributed by atoms with Crippen LogP contribution in [0.15, 0.2) is 135 Å². The molecule has 0 saturated carbocycles. The maximum Gasteiger partial charge on any atom is 0.137 e. The third-order valence-corrected chi connectivity index (χ3v) is 9.96. The van der Waals surface area contributed by atoms with E-state index in [9.17, 15) is 0 Å². The highest BCUT2D eigenvalue weighted by molar-refractivity contribution is 9.11. The fourth-order valence-electron chi connectivity index (χ4n) is 5.89. The zero-order valence-corrected chi connectivity index (χ0v) is 33.3. The standard InChI is InChI=1S/C21H19BrN2.C12H8BrN.C9H12BrN/c1-21(2,3)14-10-11-23-20(12-14)24-18-7-5-4-6-16(18)17-9-8-15(22)13-19(17)24;13-8-5-6-10-9-3-1-2-4-11(9)14-12(10)7-8;1-9(2,3)7-4-5-11-8(10)6-7/h4-13H,1-3H3;1-7,14H;4-6H,1-3H3. The van der Waals surface area contributed by atoms with Crippen molar-refractivity contribution in [2.24, 2.45) is 0 Å². The maximum atomic E-state index is 4.67. The summed E-state index contributed by atoms with van der Waals surface area (Å²) >= 11 is 10.4. The van der Waals surface area contributed by atoms with E-state index in [1.165, 1.54) is 54.7 Å². The topological polar surface area (TPSA) is 46.5 Å². The van der Waals surface area contributed by atoms with Crippen LogP contribution in [0, 0.1) is 0 Å². The lowest BCUT2D eigenvalue weighted by molar-refractivity contribution is 0.588. The Morgan fingerprint density at radius 1 is 0.510 bits per heavy atom. The minimum atomic E-state index is 0.0943. The molecule has 49 heavy (non-hydrogen) atoms. The van der Waals surface area contributed by atoms with Crippen LogP contribution in [0.2, 0.25) is 0 Å². The van der Waals surface area contributed by atoms with Gasteiger partial charge in [-0.2, -0.15) is 0 Å². The predicted molar refractivity (Wildman–Crippen MR) is 219 cm³/mol. The average Bonchev–Trinajstić information content (AvgIpc) is 3.59. The van der Waals surface area contributed by atoms with Crippen molar-refractivity contribution in [3.05, 3.63) is 146 Å². The molecule has 4 heterocycles. The third kappa shape index (κ3) is 7.85. The number of rotatable bonds is 1. The Kier molecular flexibility index (Phi) is 10.2. The van der Waals surface area contributed by atoms with Crippen molar-refractivity contribution in [3.63, 3.8) is 0 Å². The number of aromatic amines is 1. The van der Waals surface area contributed by atoms with Gasteiger partial charge in [-0.05, 0) is 98.6 Å². The van der Waals surface area contributed by atoms with E-state index in [4.69, 9.17) is 0 Å². The summed E-state index contributed by atoms with van der Waals surface area (Å²) in [4.78, 5) is 12.1. The van der Waals surface area contributed by atoms with Crippen molar-refractivity contribution in [3.8, 4) is 5.82 Å². The summed E-state index contributed by atoms with van der Waals surface area (Å²) in [5.74, 6) is 0.965. The van der Waals surface area contributed by atoms with Gasteiger partial charge in [0.15, 0.2) is 0 Å². The van der Waals surface area contributed by atoms with E-state index in [-0.39, 0.29) is 10.8 Å². The molecule has 4 aromatic heterocycles. The van der Waals surface area contributed by atoms with E-state index in [0.717, 1.165) is 19.4 Å². The number of aromatic nitrogens is 4. The van der Waals surface area contributed by atoms with Crippen LogP contribution in [0.3, 0.4) is 0 Å². The fraction of sp³-hybridized carbons (Fsp3) is 0.190. The molecule has 0 radical (unpaired) electrons. The second kappa shape index (κ2) is 14.2. The maximum absolute atomic E-state index is 4.67. The van der Waals surface area contributed by atoms with Crippen LogP contribution < -0.4 is 0 Å². The first-order valence-corrected chi connectivity index (χ1v) is 18.6. The van der Waals surface area contributed by atoms with E-state index in [2.05, 4.69) is 206 Å². The summed E-state index contributed by atoms with van der Waals surface area (Å²) in [6.45, 7) is 13.3. The lowest BCUT2D eigenvalue weighted by Crippen LogP contribution is -2.12. The number of nitrogens with zero attached hydrogens (tertiary/aromatic N) is 3. The summed E-state index contributed by atoms with van der Waals surface area (Å²) in [6, 6.07) is 38.0. The molecule has 0 spiro atoms. The van der Waals surface area contributed by atoms with Gasteiger partial charge in [0.05, 0.1) is 11.0 Å². The number of benzene rings is 4. The average molecular weight is 840 g/mol. The molecule has 1 N–H and O–H groups in total. The first kappa shape index (κ1) is 35.1. The first-order chi connectivity index (χ1) is 23.3. The second-order valence-corrected chi connectivity index (χ2v) is 16.8. The molecule has 0 fully saturated rings. The Labute approximate surface area is 313 Å². The summed E-state index contributed by atoms with van der Waals surface area (Å²) in [7, 11) is 0. The number of hydrogen-bond donors (Lipinski definition) is 1. The van der Waals surface area contributed by atoms with Gasteiger partial charge in [0.2, 0.25) is 0 Å². The molecule has 0 saturated heterocycles. The normalized spacial score (nSPS) is 11.8. The van der Waals surface area contributed by atoms with Crippen LogP contribution >= 0.6 is 47.8 Å². The van der Waals surface area contributed by atoms with Crippen LogP contribution in [0.4, 0.5) is 0 Å². The molecule has 8 aromatic rings. The Bertz CT molecular complexity index is 2410. The Hall–Kier alpha value is -3.78. The zero-order chi connectivity index (χ0) is 34.9. The van der Waals surface area contributed by atoms with Crippen molar-refractivity contribution in [2.45, 2.75) is 52.4 Å². The minimum absolute atomic E-state index is 0.0943. The van der Waals surface area contributed by atoms with E-state index in [0.29, 0.717) is 0 Å². The molecule has 4 nitrogen and oxygen atoms in total. The molecule has 0 aliphatic rings. The quantitative estimate of drug-likeness (QED) is 0.167. The van der Waals surface area contributed by atoms with Gasteiger partial charge in [0.25, 0.3) is 0 Å². The molecule has 8 rings (SSSR count). The van der Waals surface area contributed by atoms with Gasteiger partial charge in [0, 0.05) is 53.9 Å². The van der Waals surface area contributed by atoms with Crippen molar-refractivity contribution in [2.75, 3.05) is 0 Å². The number of halogens is 3. The number of H-pyrrole nitrogens is 1. The Morgan fingerprint density at radius 3 is 1.73 bits per heavy atom. The first-order valence-electron chi connectivity index (χ1n) is 16.2. The summed E-state index contributed by atoms with van der Waals surface area (Å²) < 4.78 is 5.34. The number of hydrogen-bond acceptors (Lipinski definition) is 2. The molecule has 4 aromatic carbocycles. The SMILES string of the molecule is Brc1ccc2c(c1)[nH]c1ccccc12.CC(C)(C)c1ccnc(-n2c3ccccc3c3ccc(Br)cc32)c1.CC(C)(C)c1ccnc(Br)c1. The van der Waals surface area contributed by atoms with E-state index in [1.807, 2.05) is 24.5 Å². The zero-order valence-electron chi connectivity index (χ0n) is 28.5. The van der Waals surface area contributed by atoms with Crippen LogP contribution in [0.25, 0.3) is 49.4 Å². The van der Waals surface area contributed by atoms with Crippen LogP contribution in [0.5, 0.6) is 0 Å². The Morgan fingerprint density at radius 2 is 1.06 bits per heavy atom. The summed E-state index contributed by atoms with van der Waals surface area (Å²) in [5, 5.41) is 5.07. The number of fused-ring (bicyclic) bond motifs is 6. The second-order valence-electron chi connectivity index (χ2n) is 14.1. The highest BCUT2D eigenvalue weighted by Gasteiger charge is 2.18. The van der Waals surface area contributed by atoms with Crippen LogP contribution in [0.1, 0.15) is 52.7 Å². The molecule has 7 heteroatoms. The van der Waals surface area contributed by atoms with Gasteiger partial charge in [-0.25, -0.2) is 9.97 Å². The van der Waals surface area contributed by atoms with Crippen molar-refractivity contribution < 1.29 is 0 Å². The lowest BCUT2D eigenvalue weighted by Gasteiger charge is -2.20. The Balaban J connectivity index is 0.000000141. The molecule has 0 atom stereocenters. The van der Waals surface area contributed by atoms with Gasteiger partial charge < -0.3 is 4.98 Å². The highest BCUT2D eigenvalue weighted by atomic mass is 79.9. The van der Waals surface area contributed by atoms with E-state index >= 15 is 0 Å². The van der Waals surface area contributed by atoms with Gasteiger partial charge in [-0.1, -0.05) is 122 Å². The molecular weight excluding hydrogens is 800 g/mol. The van der Waals surface area contributed by atoms with Gasteiger partial charge in [-0.15, -0.1) is 0 Å². The van der Waals surface area contributed by atoms with Crippen molar-refractivity contribution >= 4 is 91.4 Å². The highest BCUT2D eigenvalue weighted by Crippen LogP contribution is 2.34. The number of para-hydroxylation sites is 2. The lowest BCUT2D eigenvalue weighted by atomic mass is 9.88. The molecule has 0 aliphatic heterocycles. The summed E-state index contributed by atoms with van der Waals surface area (Å²) in [5.41, 5.74) is 7.63. The van der Waals surface area contributed by atoms with Crippen molar-refractivity contribution in [1.29, 1.82) is 0 Å². The molecule has 248 valence electrons. The monoisotopic (exact) mass is 836 g/mol. The molecule has 0 amide bonds. The van der Waals surface area contributed by atoms with Crippen molar-refractivity contribution in [1.82, 2.24) is 19.5 Å². The van der Waals surface area contributed by atoms with Gasteiger partial charge in [-0.3, -0.25) is 4.57 Å². The smallest absolute Gasteiger partial charge is 0.137 e.